The predicted octanol–water partition coefficient (Wildman–Crippen LogP) is 0.567. The van der Waals surface area contributed by atoms with E-state index in [0.717, 1.165) is 22.8 Å². The molecular formula is C13H14N4O2S. The molecular weight excluding hydrogens is 276 g/mol. The first kappa shape index (κ1) is 13.0. The lowest BCUT2D eigenvalue weighted by Crippen LogP contribution is -2.38. The Morgan fingerprint density at radius 3 is 3.10 bits per heavy atom. The van der Waals surface area contributed by atoms with Crippen LogP contribution < -0.4 is 5.32 Å². The summed E-state index contributed by atoms with van der Waals surface area (Å²) in [5.41, 5.74) is 1.65. The summed E-state index contributed by atoms with van der Waals surface area (Å²) in [7, 11) is 0. The van der Waals surface area contributed by atoms with Crippen molar-refractivity contribution in [3.8, 4) is 0 Å². The van der Waals surface area contributed by atoms with Crippen molar-refractivity contribution in [2.24, 2.45) is 4.99 Å². The van der Waals surface area contributed by atoms with Crippen LogP contribution in [0, 0.1) is 0 Å². The Balaban J connectivity index is 1.91. The van der Waals surface area contributed by atoms with Crippen LogP contribution in [0.3, 0.4) is 0 Å². The molecule has 1 aromatic rings. The standard InChI is InChI=1S/C13H14N4O2S/c1-8(19)16-10-4-11-9(7-18)5-15-12(17(11)6-10)13-14-2-3-20-13/h2-3,7,10H,4-6H2,1H3,(H,16,19). The van der Waals surface area contributed by atoms with Gasteiger partial charge >= 0.3 is 0 Å². The number of hydrogen-bond acceptors (Lipinski definition) is 6. The largest absolute Gasteiger partial charge is 0.351 e. The summed E-state index contributed by atoms with van der Waals surface area (Å²) in [6.07, 6.45) is 3.27. The van der Waals surface area contributed by atoms with Gasteiger partial charge in [-0.05, 0) is 0 Å². The van der Waals surface area contributed by atoms with Crippen molar-refractivity contribution in [1.82, 2.24) is 15.2 Å². The zero-order valence-electron chi connectivity index (χ0n) is 11.0. The van der Waals surface area contributed by atoms with E-state index < -0.39 is 0 Å². The number of amides is 1. The van der Waals surface area contributed by atoms with Gasteiger partial charge in [0.1, 0.15) is 6.29 Å². The molecule has 0 bridgehead atoms. The monoisotopic (exact) mass is 290 g/mol. The molecule has 2 aliphatic heterocycles. The number of carbonyl (C=O) groups excluding carboxylic acids is 2. The lowest BCUT2D eigenvalue weighted by Gasteiger charge is -2.25. The summed E-state index contributed by atoms with van der Waals surface area (Å²) in [5, 5.41) is 5.65. The third-order valence-corrected chi connectivity index (χ3v) is 4.14. The van der Waals surface area contributed by atoms with Crippen LogP contribution in [-0.4, -0.2) is 47.0 Å². The fraction of sp³-hybridized carbons (Fsp3) is 0.385. The van der Waals surface area contributed by atoms with Crippen LogP contribution in [-0.2, 0) is 9.59 Å². The number of aldehydes is 1. The number of thiazole rings is 1. The van der Waals surface area contributed by atoms with E-state index in [1.165, 1.54) is 18.3 Å². The van der Waals surface area contributed by atoms with Crippen molar-refractivity contribution >= 4 is 29.4 Å². The van der Waals surface area contributed by atoms with Gasteiger partial charge in [-0.25, -0.2) is 4.98 Å². The summed E-state index contributed by atoms with van der Waals surface area (Å²) < 4.78 is 0. The molecule has 104 valence electrons. The Bertz CT molecular complexity index is 606. The van der Waals surface area contributed by atoms with Crippen molar-refractivity contribution in [3.63, 3.8) is 0 Å². The number of nitrogens with zero attached hydrogens (tertiary/aromatic N) is 3. The summed E-state index contributed by atoms with van der Waals surface area (Å²) in [6, 6.07) is 0.0145. The quantitative estimate of drug-likeness (QED) is 0.826. The average molecular weight is 290 g/mol. The van der Waals surface area contributed by atoms with E-state index in [-0.39, 0.29) is 11.9 Å². The Morgan fingerprint density at radius 1 is 1.60 bits per heavy atom. The maximum Gasteiger partial charge on any atom is 0.217 e. The van der Waals surface area contributed by atoms with Crippen molar-refractivity contribution in [3.05, 3.63) is 27.9 Å². The molecule has 0 spiro atoms. The zero-order chi connectivity index (χ0) is 14.1. The molecule has 6 nitrogen and oxygen atoms in total. The van der Waals surface area contributed by atoms with E-state index in [1.807, 2.05) is 10.3 Å². The molecule has 3 rings (SSSR count). The van der Waals surface area contributed by atoms with Gasteiger partial charge in [-0.3, -0.25) is 14.6 Å². The van der Waals surface area contributed by atoms with Crippen molar-refractivity contribution in [2.75, 3.05) is 13.1 Å². The maximum atomic E-state index is 11.2. The van der Waals surface area contributed by atoms with E-state index in [1.54, 1.807) is 6.20 Å². The number of rotatable bonds is 3. The van der Waals surface area contributed by atoms with Crippen LogP contribution in [0.15, 0.2) is 27.8 Å². The molecule has 2 aliphatic rings. The normalized spacial score (nSPS) is 21.6. The third-order valence-electron chi connectivity index (χ3n) is 3.37. The Hall–Kier alpha value is -2.02. The topological polar surface area (TPSA) is 74.7 Å². The first-order chi connectivity index (χ1) is 9.69. The Labute approximate surface area is 120 Å². The highest BCUT2D eigenvalue weighted by Crippen LogP contribution is 2.30. The second-order valence-electron chi connectivity index (χ2n) is 4.78. The van der Waals surface area contributed by atoms with Gasteiger partial charge < -0.3 is 10.2 Å². The molecule has 0 radical (unpaired) electrons. The number of aliphatic imine (C=N–C) groups is 1. The number of amidine groups is 1. The van der Waals surface area contributed by atoms with Gasteiger partial charge in [-0.2, -0.15) is 0 Å². The minimum absolute atomic E-state index is 0.0145. The molecule has 1 saturated heterocycles. The summed E-state index contributed by atoms with van der Waals surface area (Å²) >= 11 is 1.52. The van der Waals surface area contributed by atoms with Gasteiger partial charge in [0, 0.05) is 42.7 Å². The van der Waals surface area contributed by atoms with Crippen molar-refractivity contribution in [1.29, 1.82) is 0 Å². The second-order valence-corrected chi connectivity index (χ2v) is 5.67. The van der Waals surface area contributed by atoms with Crippen LogP contribution in [0.25, 0.3) is 0 Å². The van der Waals surface area contributed by atoms with Crippen LogP contribution in [0.5, 0.6) is 0 Å². The Kier molecular flexibility index (Phi) is 3.35. The Morgan fingerprint density at radius 2 is 2.45 bits per heavy atom. The fourth-order valence-corrected chi connectivity index (χ4v) is 3.25. The zero-order valence-corrected chi connectivity index (χ0v) is 11.8. The summed E-state index contributed by atoms with van der Waals surface area (Å²) in [5.74, 6) is 0.740. The van der Waals surface area contributed by atoms with Gasteiger partial charge in [0.2, 0.25) is 5.91 Å². The summed E-state index contributed by atoms with van der Waals surface area (Å²) in [6.45, 7) is 2.52. The molecule has 20 heavy (non-hydrogen) atoms. The molecule has 7 heteroatoms. The minimum Gasteiger partial charge on any atom is -0.351 e. The van der Waals surface area contributed by atoms with E-state index in [0.29, 0.717) is 25.1 Å². The molecule has 0 aliphatic carbocycles. The molecule has 1 aromatic heterocycles. The molecule has 0 saturated carbocycles. The van der Waals surface area contributed by atoms with Gasteiger partial charge in [-0.15, -0.1) is 11.3 Å². The highest BCUT2D eigenvalue weighted by atomic mass is 32.1. The molecule has 0 aromatic carbocycles. The molecule has 1 N–H and O–H groups in total. The van der Waals surface area contributed by atoms with Crippen LogP contribution in [0.2, 0.25) is 0 Å². The molecule has 1 atom stereocenters. The smallest absolute Gasteiger partial charge is 0.217 e. The van der Waals surface area contributed by atoms with Gasteiger partial charge in [-0.1, -0.05) is 0 Å². The van der Waals surface area contributed by atoms with E-state index in [2.05, 4.69) is 15.3 Å². The van der Waals surface area contributed by atoms with E-state index in [9.17, 15) is 9.59 Å². The van der Waals surface area contributed by atoms with E-state index in [4.69, 9.17) is 0 Å². The van der Waals surface area contributed by atoms with Crippen molar-refractivity contribution < 1.29 is 9.59 Å². The highest BCUT2D eigenvalue weighted by molar-refractivity contribution is 7.11. The van der Waals surface area contributed by atoms with Gasteiger partial charge in [0.25, 0.3) is 0 Å². The summed E-state index contributed by atoms with van der Waals surface area (Å²) in [4.78, 5) is 33.1. The molecule has 3 heterocycles. The lowest BCUT2D eigenvalue weighted by molar-refractivity contribution is -0.119. The fourth-order valence-electron chi connectivity index (χ4n) is 2.60. The predicted molar refractivity (Wildman–Crippen MR) is 75.5 cm³/mol. The third kappa shape index (κ3) is 2.24. The first-order valence-corrected chi connectivity index (χ1v) is 7.23. The van der Waals surface area contributed by atoms with E-state index >= 15 is 0 Å². The maximum absolute atomic E-state index is 11.2. The number of aromatic nitrogens is 1. The molecule has 1 amide bonds. The van der Waals surface area contributed by atoms with Crippen LogP contribution in [0.1, 0.15) is 18.4 Å². The lowest BCUT2D eigenvalue weighted by atomic mass is 10.1. The molecule has 1 unspecified atom stereocenters. The molecule has 1 fully saturated rings. The SMILES string of the molecule is CC(=O)NC1CC2=C(C=O)CN=C(c3nccs3)N2C1. The van der Waals surface area contributed by atoms with Gasteiger partial charge in [0.15, 0.2) is 10.8 Å². The van der Waals surface area contributed by atoms with Crippen LogP contribution in [0.4, 0.5) is 0 Å². The number of hydrogen-bond donors (Lipinski definition) is 1. The number of carbonyl (C=O) groups is 2. The number of fused-ring (bicyclic) bond motifs is 1. The first-order valence-electron chi connectivity index (χ1n) is 6.35. The van der Waals surface area contributed by atoms with Crippen LogP contribution >= 0.6 is 11.3 Å². The van der Waals surface area contributed by atoms with Crippen molar-refractivity contribution in [2.45, 2.75) is 19.4 Å². The minimum atomic E-state index is -0.0594. The van der Waals surface area contributed by atoms with Gasteiger partial charge in [0.05, 0.1) is 12.6 Å². The second kappa shape index (κ2) is 5.16. The average Bonchev–Trinajstić information content (AvgIpc) is 3.05. The number of nitrogens with one attached hydrogen (secondary N) is 1. The highest BCUT2D eigenvalue weighted by Gasteiger charge is 2.35.